The molecule has 0 bridgehead atoms. The van der Waals surface area contributed by atoms with Crippen LogP contribution in [0.5, 0.6) is 0 Å². The zero-order valence-electron chi connectivity index (χ0n) is 14.2. The number of hydrogen-bond acceptors (Lipinski definition) is 4. The predicted molar refractivity (Wildman–Crippen MR) is 90.8 cm³/mol. The molecule has 3 aromatic heterocycles. The van der Waals surface area contributed by atoms with Crippen LogP contribution in [0.3, 0.4) is 0 Å². The fourth-order valence-corrected chi connectivity index (χ4v) is 3.81. The van der Waals surface area contributed by atoms with Crippen LogP contribution in [-0.2, 0) is 19.5 Å². The summed E-state index contributed by atoms with van der Waals surface area (Å²) in [5.41, 5.74) is 5.99. The van der Waals surface area contributed by atoms with Gasteiger partial charge in [0, 0.05) is 55.4 Å². The smallest absolute Gasteiger partial charge is 0.234 e. The molecular formula is C18H22N6. The molecule has 0 aromatic carbocycles. The Labute approximate surface area is 141 Å². The summed E-state index contributed by atoms with van der Waals surface area (Å²) in [6, 6.07) is 2.82. The van der Waals surface area contributed by atoms with Crippen LogP contribution in [0.4, 0.5) is 0 Å². The molecule has 5 rings (SSSR count). The Morgan fingerprint density at radius 3 is 2.92 bits per heavy atom. The molecule has 6 nitrogen and oxygen atoms in total. The van der Waals surface area contributed by atoms with Gasteiger partial charge in [0.05, 0.1) is 17.7 Å². The molecule has 1 aliphatic heterocycles. The van der Waals surface area contributed by atoms with Crippen LogP contribution in [0, 0.1) is 13.8 Å². The molecule has 1 fully saturated rings. The van der Waals surface area contributed by atoms with E-state index in [1.807, 2.05) is 13.3 Å². The molecule has 6 heteroatoms. The van der Waals surface area contributed by atoms with Crippen LogP contribution < -0.4 is 0 Å². The first-order chi connectivity index (χ1) is 11.7. The highest BCUT2D eigenvalue weighted by Gasteiger charge is 2.29. The van der Waals surface area contributed by atoms with Gasteiger partial charge in [-0.1, -0.05) is 0 Å². The number of aryl methyl sites for hydroxylation is 2. The summed E-state index contributed by atoms with van der Waals surface area (Å²) in [6.45, 7) is 6.98. The van der Waals surface area contributed by atoms with E-state index < -0.39 is 0 Å². The summed E-state index contributed by atoms with van der Waals surface area (Å²) in [7, 11) is 0. The summed E-state index contributed by atoms with van der Waals surface area (Å²) >= 11 is 0. The Morgan fingerprint density at radius 2 is 2.08 bits per heavy atom. The van der Waals surface area contributed by atoms with Crippen molar-refractivity contribution in [1.29, 1.82) is 0 Å². The van der Waals surface area contributed by atoms with Gasteiger partial charge < -0.3 is 4.57 Å². The second-order valence-electron chi connectivity index (χ2n) is 7.18. The molecule has 0 atom stereocenters. The van der Waals surface area contributed by atoms with Crippen LogP contribution in [0.2, 0.25) is 0 Å². The molecule has 0 amide bonds. The maximum atomic E-state index is 4.71. The van der Waals surface area contributed by atoms with Crippen molar-refractivity contribution in [2.24, 2.45) is 0 Å². The van der Waals surface area contributed by atoms with E-state index in [1.54, 1.807) is 0 Å². The van der Waals surface area contributed by atoms with Crippen molar-refractivity contribution < 1.29 is 0 Å². The summed E-state index contributed by atoms with van der Waals surface area (Å²) in [5, 5.41) is 0. The van der Waals surface area contributed by atoms with Crippen LogP contribution >= 0.6 is 0 Å². The van der Waals surface area contributed by atoms with Crippen molar-refractivity contribution >= 4 is 5.78 Å². The SMILES string of the molecule is Cc1cc(C)n2cc(CN3CCc4c(ncn4C4CC4)C3)nc2n1. The highest BCUT2D eigenvalue weighted by atomic mass is 15.2. The third-order valence-electron chi connectivity index (χ3n) is 5.16. The van der Waals surface area contributed by atoms with Gasteiger partial charge in [-0.2, -0.15) is 0 Å². The van der Waals surface area contributed by atoms with E-state index in [2.05, 4.69) is 43.0 Å². The lowest BCUT2D eigenvalue weighted by molar-refractivity contribution is 0.237. The van der Waals surface area contributed by atoms with E-state index in [4.69, 9.17) is 4.98 Å². The van der Waals surface area contributed by atoms with Gasteiger partial charge in [-0.3, -0.25) is 9.30 Å². The van der Waals surface area contributed by atoms with Crippen molar-refractivity contribution in [2.45, 2.75) is 52.2 Å². The normalized spacial score (nSPS) is 18.2. The number of rotatable bonds is 3. The Balaban J connectivity index is 1.37. The Morgan fingerprint density at radius 1 is 1.21 bits per heavy atom. The Kier molecular flexibility index (Phi) is 3.03. The Bertz CT molecular complexity index is 917. The van der Waals surface area contributed by atoms with Gasteiger partial charge in [-0.25, -0.2) is 15.0 Å². The molecule has 0 unspecified atom stereocenters. The average molecular weight is 322 g/mol. The zero-order chi connectivity index (χ0) is 16.3. The van der Waals surface area contributed by atoms with Crippen molar-refractivity contribution in [3.05, 3.63) is 47.1 Å². The lowest BCUT2D eigenvalue weighted by Crippen LogP contribution is -2.31. The molecule has 1 saturated carbocycles. The maximum Gasteiger partial charge on any atom is 0.234 e. The van der Waals surface area contributed by atoms with Gasteiger partial charge in [-0.15, -0.1) is 0 Å². The molecule has 1 aliphatic carbocycles. The van der Waals surface area contributed by atoms with Gasteiger partial charge in [0.2, 0.25) is 5.78 Å². The third kappa shape index (κ3) is 2.33. The van der Waals surface area contributed by atoms with Crippen molar-refractivity contribution in [3.8, 4) is 0 Å². The molecule has 24 heavy (non-hydrogen) atoms. The molecule has 3 aromatic rings. The number of hydrogen-bond donors (Lipinski definition) is 0. The average Bonchev–Trinajstić information content (AvgIpc) is 3.17. The summed E-state index contributed by atoms with van der Waals surface area (Å²) in [5.74, 6) is 0.804. The minimum atomic E-state index is 0.725. The van der Waals surface area contributed by atoms with Crippen LogP contribution in [0.25, 0.3) is 5.78 Å². The first-order valence-corrected chi connectivity index (χ1v) is 8.76. The van der Waals surface area contributed by atoms with Gasteiger partial charge in [0.25, 0.3) is 0 Å². The molecule has 0 saturated heterocycles. The van der Waals surface area contributed by atoms with E-state index in [0.717, 1.165) is 49.3 Å². The third-order valence-corrected chi connectivity index (χ3v) is 5.16. The largest absolute Gasteiger partial charge is 0.331 e. The first kappa shape index (κ1) is 14.2. The highest BCUT2D eigenvalue weighted by Crippen LogP contribution is 2.37. The van der Waals surface area contributed by atoms with E-state index in [-0.39, 0.29) is 0 Å². The summed E-state index contributed by atoms with van der Waals surface area (Å²) in [6.07, 6.45) is 7.90. The van der Waals surface area contributed by atoms with Crippen molar-refractivity contribution in [1.82, 2.24) is 28.8 Å². The molecule has 0 radical (unpaired) electrons. The molecule has 124 valence electrons. The fourth-order valence-electron chi connectivity index (χ4n) is 3.81. The highest BCUT2D eigenvalue weighted by molar-refractivity contribution is 5.34. The lowest BCUT2D eigenvalue weighted by atomic mass is 10.1. The molecule has 4 heterocycles. The minimum Gasteiger partial charge on any atom is -0.331 e. The van der Waals surface area contributed by atoms with Gasteiger partial charge in [0.1, 0.15) is 0 Å². The van der Waals surface area contributed by atoms with Crippen molar-refractivity contribution in [3.63, 3.8) is 0 Å². The summed E-state index contributed by atoms with van der Waals surface area (Å²) in [4.78, 5) is 16.3. The van der Waals surface area contributed by atoms with Gasteiger partial charge in [0.15, 0.2) is 0 Å². The van der Waals surface area contributed by atoms with E-state index in [1.165, 1.54) is 29.9 Å². The van der Waals surface area contributed by atoms with Crippen LogP contribution in [0.1, 0.15) is 47.4 Å². The minimum absolute atomic E-state index is 0.725. The standard InChI is InChI=1S/C18H22N6/c1-12-7-13(2)23-9-14(21-18(23)20-12)8-22-6-5-17-16(10-22)19-11-24(17)15-3-4-15/h7,9,11,15H,3-6,8,10H2,1-2H3. The maximum absolute atomic E-state index is 4.71. The van der Waals surface area contributed by atoms with E-state index in [9.17, 15) is 0 Å². The molecule has 2 aliphatic rings. The summed E-state index contributed by atoms with van der Waals surface area (Å²) < 4.78 is 4.49. The number of fused-ring (bicyclic) bond motifs is 2. The Hall–Kier alpha value is -2.21. The number of imidazole rings is 2. The topological polar surface area (TPSA) is 51.2 Å². The van der Waals surface area contributed by atoms with Crippen LogP contribution in [0.15, 0.2) is 18.6 Å². The monoisotopic (exact) mass is 322 g/mol. The second kappa shape index (κ2) is 5.14. The lowest BCUT2D eigenvalue weighted by Gasteiger charge is -2.26. The second-order valence-corrected chi connectivity index (χ2v) is 7.18. The fraction of sp³-hybridized carbons (Fsp3) is 0.500. The first-order valence-electron chi connectivity index (χ1n) is 8.76. The van der Waals surface area contributed by atoms with Crippen molar-refractivity contribution in [2.75, 3.05) is 6.54 Å². The van der Waals surface area contributed by atoms with E-state index in [0.29, 0.717) is 0 Å². The van der Waals surface area contributed by atoms with Gasteiger partial charge in [-0.05, 0) is 32.8 Å². The molecular weight excluding hydrogens is 300 g/mol. The van der Waals surface area contributed by atoms with E-state index >= 15 is 0 Å². The predicted octanol–water partition coefficient (Wildman–Crippen LogP) is 2.44. The van der Waals surface area contributed by atoms with Crippen LogP contribution in [-0.4, -0.2) is 35.4 Å². The zero-order valence-corrected chi connectivity index (χ0v) is 14.2. The number of aromatic nitrogens is 5. The van der Waals surface area contributed by atoms with Gasteiger partial charge >= 0.3 is 0 Å². The quantitative estimate of drug-likeness (QED) is 0.743. The number of nitrogens with zero attached hydrogens (tertiary/aromatic N) is 6. The molecule has 0 spiro atoms. The molecule has 0 N–H and O–H groups in total.